The zero-order valence-corrected chi connectivity index (χ0v) is 7.84. The summed E-state index contributed by atoms with van der Waals surface area (Å²) in [5.74, 6) is 3.83. The van der Waals surface area contributed by atoms with E-state index in [1.807, 2.05) is 0 Å². The Hall–Kier alpha value is -1.20. The molecule has 2 N–H and O–H groups in total. The number of hydrogen-bond acceptors (Lipinski definition) is 3. The highest BCUT2D eigenvalue weighted by molar-refractivity contribution is 5.23. The third-order valence-corrected chi connectivity index (χ3v) is 1.60. The molecule has 14 heavy (non-hydrogen) atoms. The zero-order chi connectivity index (χ0) is 10.6. The van der Waals surface area contributed by atoms with Crippen LogP contribution in [0.4, 0.5) is 8.78 Å². The molecule has 1 aromatic rings. The Morgan fingerprint density at radius 1 is 1.36 bits per heavy atom. The zero-order valence-electron chi connectivity index (χ0n) is 7.84. The lowest BCUT2D eigenvalue weighted by Crippen LogP contribution is -2.30. The molecule has 0 radical (unpaired) electrons. The largest absolute Gasteiger partial charge is 0.492 e. The summed E-state index contributed by atoms with van der Waals surface area (Å²) in [5, 5.41) is 1.44. The van der Waals surface area contributed by atoms with Crippen LogP contribution in [0.5, 0.6) is 5.75 Å². The molecule has 1 rings (SSSR count). The lowest BCUT2D eigenvalue weighted by molar-refractivity contribution is 0.240. The van der Waals surface area contributed by atoms with Gasteiger partial charge in [-0.15, -0.1) is 0 Å². The van der Waals surface area contributed by atoms with E-state index >= 15 is 0 Å². The smallest absolute Gasteiger partial charge is 0.162 e. The standard InChI is InChI=1S/C9H12F2N2O/c1-13(12)4-5-14-7-2-3-8(10)9(11)6-7/h2-3,6H,4-5,12H2,1H3. The number of halogens is 2. The van der Waals surface area contributed by atoms with Gasteiger partial charge in [-0.3, -0.25) is 5.84 Å². The molecule has 0 aliphatic heterocycles. The summed E-state index contributed by atoms with van der Waals surface area (Å²) >= 11 is 0. The van der Waals surface area contributed by atoms with Crippen LogP contribution in [0, 0.1) is 11.6 Å². The average molecular weight is 202 g/mol. The summed E-state index contributed by atoms with van der Waals surface area (Å²) in [6.07, 6.45) is 0. The second-order valence-corrected chi connectivity index (χ2v) is 2.90. The number of likely N-dealkylation sites (N-methyl/N-ethyl adjacent to an activating group) is 1. The van der Waals surface area contributed by atoms with Crippen LogP contribution in [0.3, 0.4) is 0 Å². The molecule has 0 saturated heterocycles. The summed E-state index contributed by atoms with van der Waals surface area (Å²) in [6.45, 7) is 0.844. The first kappa shape index (κ1) is 10.9. The number of ether oxygens (including phenoxy) is 1. The Kier molecular flexibility index (Phi) is 3.79. The van der Waals surface area contributed by atoms with Crippen molar-refractivity contribution in [2.75, 3.05) is 20.2 Å². The number of nitrogens with two attached hydrogens (primary N) is 1. The first-order valence-electron chi connectivity index (χ1n) is 4.13. The quantitative estimate of drug-likeness (QED) is 0.588. The van der Waals surface area contributed by atoms with Crippen LogP contribution in [0.25, 0.3) is 0 Å². The second kappa shape index (κ2) is 4.88. The van der Waals surface area contributed by atoms with Crippen LogP contribution in [-0.2, 0) is 0 Å². The van der Waals surface area contributed by atoms with Gasteiger partial charge in [-0.25, -0.2) is 13.8 Å². The van der Waals surface area contributed by atoms with Crippen LogP contribution >= 0.6 is 0 Å². The van der Waals surface area contributed by atoms with E-state index in [0.29, 0.717) is 18.9 Å². The van der Waals surface area contributed by atoms with Crippen LogP contribution in [0.15, 0.2) is 18.2 Å². The predicted octanol–water partition coefficient (Wildman–Crippen LogP) is 1.15. The first-order chi connectivity index (χ1) is 6.59. The minimum Gasteiger partial charge on any atom is -0.492 e. The molecule has 0 aromatic heterocycles. The molecule has 78 valence electrons. The van der Waals surface area contributed by atoms with Crippen molar-refractivity contribution in [2.45, 2.75) is 0 Å². The third-order valence-electron chi connectivity index (χ3n) is 1.60. The summed E-state index contributed by atoms with van der Waals surface area (Å²) in [6, 6.07) is 3.40. The monoisotopic (exact) mass is 202 g/mol. The Labute approximate surface area is 81.0 Å². The maximum atomic E-state index is 12.7. The summed E-state index contributed by atoms with van der Waals surface area (Å²) < 4.78 is 30.3. The minimum atomic E-state index is -0.913. The lowest BCUT2D eigenvalue weighted by atomic mass is 10.3. The number of hydrogen-bond donors (Lipinski definition) is 1. The topological polar surface area (TPSA) is 38.5 Å². The van der Waals surface area contributed by atoms with Crippen molar-refractivity contribution in [1.82, 2.24) is 5.01 Å². The molecule has 0 bridgehead atoms. The minimum absolute atomic E-state index is 0.297. The highest BCUT2D eigenvalue weighted by atomic mass is 19.2. The fourth-order valence-electron chi connectivity index (χ4n) is 0.874. The van der Waals surface area contributed by atoms with Crippen LogP contribution in [0.1, 0.15) is 0 Å². The van der Waals surface area contributed by atoms with Crippen molar-refractivity contribution < 1.29 is 13.5 Å². The highest BCUT2D eigenvalue weighted by Gasteiger charge is 2.02. The van der Waals surface area contributed by atoms with Gasteiger partial charge >= 0.3 is 0 Å². The molecule has 0 aliphatic carbocycles. The van der Waals surface area contributed by atoms with Gasteiger partial charge in [0.1, 0.15) is 12.4 Å². The van der Waals surface area contributed by atoms with Crippen molar-refractivity contribution in [3.05, 3.63) is 29.8 Å². The molecule has 5 heteroatoms. The molecule has 0 saturated carbocycles. The van der Waals surface area contributed by atoms with Gasteiger partial charge in [0.2, 0.25) is 0 Å². The molecule has 0 spiro atoms. The van der Waals surface area contributed by atoms with Crippen LogP contribution in [-0.4, -0.2) is 25.2 Å². The molecule has 0 fully saturated rings. The summed E-state index contributed by atoms with van der Waals surface area (Å²) in [5.41, 5.74) is 0. The molecule has 0 atom stereocenters. The highest BCUT2D eigenvalue weighted by Crippen LogP contribution is 2.14. The van der Waals surface area contributed by atoms with Gasteiger partial charge in [-0.1, -0.05) is 0 Å². The van der Waals surface area contributed by atoms with E-state index in [9.17, 15) is 8.78 Å². The van der Waals surface area contributed by atoms with Crippen molar-refractivity contribution in [3.63, 3.8) is 0 Å². The maximum Gasteiger partial charge on any atom is 0.162 e. The molecule has 0 aliphatic rings. The van der Waals surface area contributed by atoms with E-state index in [2.05, 4.69) is 0 Å². The van der Waals surface area contributed by atoms with Crippen molar-refractivity contribution >= 4 is 0 Å². The average Bonchev–Trinajstić information content (AvgIpc) is 2.10. The van der Waals surface area contributed by atoms with E-state index in [0.717, 1.165) is 12.1 Å². The Bertz CT molecular complexity index is 305. The second-order valence-electron chi connectivity index (χ2n) is 2.90. The van der Waals surface area contributed by atoms with E-state index in [1.54, 1.807) is 7.05 Å². The van der Waals surface area contributed by atoms with Crippen molar-refractivity contribution in [2.24, 2.45) is 5.84 Å². The molecular weight excluding hydrogens is 190 g/mol. The van der Waals surface area contributed by atoms with E-state index in [1.165, 1.54) is 11.1 Å². The SMILES string of the molecule is CN(N)CCOc1ccc(F)c(F)c1. The molecule has 0 amide bonds. The molecular formula is C9H12F2N2O. The summed E-state index contributed by atoms with van der Waals surface area (Å²) in [7, 11) is 1.69. The van der Waals surface area contributed by atoms with E-state index in [4.69, 9.17) is 10.6 Å². The van der Waals surface area contributed by atoms with E-state index < -0.39 is 11.6 Å². The molecule has 0 unspecified atom stereocenters. The summed E-state index contributed by atoms with van der Waals surface area (Å²) in [4.78, 5) is 0. The predicted molar refractivity (Wildman–Crippen MR) is 48.7 cm³/mol. The Morgan fingerprint density at radius 2 is 2.07 bits per heavy atom. The van der Waals surface area contributed by atoms with Gasteiger partial charge in [0.25, 0.3) is 0 Å². The number of nitrogens with zero attached hydrogens (tertiary/aromatic N) is 1. The first-order valence-corrected chi connectivity index (χ1v) is 4.13. The van der Waals surface area contributed by atoms with Gasteiger partial charge in [0, 0.05) is 19.7 Å². The van der Waals surface area contributed by atoms with Crippen LogP contribution < -0.4 is 10.6 Å². The molecule has 3 nitrogen and oxygen atoms in total. The van der Waals surface area contributed by atoms with Gasteiger partial charge < -0.3 is 4.74 Å². The maximum absolute atomic E-state index is 12.7. The van der Waals surface area contributed by atoms with Gasteiger partial charge in [-0.05, 0) is 12.1 Å². The third kappa shape index (κ3) is 3.27. The van der Waals surface area contributed by atoms with Crippen LogP contribution in [0.2, 0.25) is 0 Å². The normalized spacial score (nSPS) is 10.6. The number of benzene rings is 1. The Morgan fingerprint density at radius 3 is 2.64 bits per heavy atom. The lowest BCUT2D eigenvalue weighted by Gasteiger charge is -2.10. The van der Waals surface area contributed by atoms with Crippen molar-refractivity contribution in [3.8, 4) is 5.75 Å². The van der Waals surface area contributed by atoms with Gasteiger partial charge in [0.15, 0.2) is 11.6 Å². The van der Waals surface area contributed by atoms with E-state index in [-0.39, 0.29) is 0 Å². The fourth-order valence-corrected chi connectivity index (χ4v) is 0.874. The Balaban J connectivity index is 2.47. The molecule has 1 aromatic carbocycles. The van der Waals surface area contributed by atoms with Gasteiger partial charge in [-0.2, -0.15) is 0 Å². The number of rotatable bonds is 4. The van der Waals surface area contributed by atoms with Gasteiger partial charge in [0.05, 0.1) is 0 Å². The number of hydrazine groups is 1. The molecule has 0 heterocycles. The van der Waals surface area contributed by atoms with Crippen molar-refractivity contribution in [1.29, 1.82) is 0 Å². The fraction of sp³-hybridized carbons (Fsp3) is 0.333.